The van der Waals surface area contributed by atoms with Gasteiger partial charge in [0.05, 0.1) is 5.52 Å². The topological polar surface area (TPSA) is 110 Å². The number of rotatable bonds is 5. The molecule has 4 atom stereocenters. The largest absolute Gasteiger partial charge is 0.364 e. The molecule has 8 heteroatoms. The van der Waals surface area contributed by atoms with Crippen LogP contribution in [0.2, 0.25) is 0 Å². The Morgan fingerprint density at radius 2 is 1.97 bits per heavy atom. The van der Waals surface area contributed by atoms with Crippen molar-refractivity contribution in [3.05, 3.63) is 30.0 Å². The summed E-state index contributed by atoms with van der Waals surface area (Å²) in [5.74, 6) is -0.321. The first-order chi connectivity index (χ1) is 15.4. The summed E-state index contributed by atoms with van der Waals surface area (Å²) in [6, 6.07) is 7.25. The van der Waals surface area contributed by atoms with Crippen LogP contribution >= 0.6 is 0 Å². The highest BCUT2D eigenvalue weighted by Crippen LogP contribution is 2.56. The SMILES string of the molecule is NC(=O)c1nn(CC(=O)N2[C@@H]3CC3C[C@H]2C(=O)NC2CCCC3(CC3)C2)c2ccccc12. The number of nitrogens with two attached hydrogens (primary N) is 1. The minimum absolute atomic E-state index is 0.00333. The smallest absolute Gasteiger partial charge is 0.269 e. The fourth-order valence-electron chi connectivity index (χ4n) is 6.19. The number of piperidine rings is 1. The third kappa shape index (κ3) is 3.27. The van der Waals surface area contributed by atoms with Crippen molar-refractivity contribution < 1.29 is 14.4 Å². The van der Waals surface area contributed by atoms with Crippen molar-refractivity contribution in [1.29, 1.82) is 0 Å². The quantitative estimate of drug-likeness (QED) is 0.748. The second-order valence-corrected chi connectivity index (χ2v) is 10.3. The summed E-state index contributed by atoms with van der Waals surface area (Å²) in [7, 11) is 0. The molecule has 0 bridgehead atoms. The average Bonchev–Trinajstić information content (AvgIpc) is 3.64. The Balaban J connectivity index is 1.19. The normalized spacial score (nSPS) is 29.7. The zero-order chi connectivity index (χ0) is 22.0. The minimum atomic E-state index is -0.617. The van der Waals surface area contributed by atoms with Crippen LogP contribution in [0.4, 0.5) is 0 Å². The summed E-state index contributed by atoms with van der Waals surface area (Å²) in [6.07, 6.45) is 8.89. The third-order valence-corrected chi connectivity index (χ3v) is 8.11. The van der Waals surface area contributed by atoms with E-state index in [0.29, 0.717) is 22.2 Å². The molecule has 1 spiro atoms. The van der Waals surface area contributed by atoms with E-state index in [9.17, 15) is 14.4 Å². The number of nitrogens with zero attached hydrogens (tertiary/aromatic N) is 3. The van der Waals surface area contributed by atoms with E-state index < -0.39 is 11.9 Å². The molecule has 1 saturated heterocycles. The average molecular weight is 436 g/mol. The van der Waals surface area contributed by atoms with Gasteiger partial charge < -0.3 is 16.0 Å². The predicted molar refractivity (Wildman–Crippen MR) is 117 cm³/mol. The van der Waals surface area contributed by atoms with Gasteiger partial charge in [-0.2, -0.15) is 5.10 Å². The number of hydrogen-bond acceptors (Lipinski definition) is 4. The molecule has 1 aromatic carbocycles. The molecule has 3 amide bonds. The molecule has 3 N–H and O–H groups in total. The molecule has 1 aromatic heterocycles. The first kappa shape index (κ1) is 19.8. The molecule has 2 aromatic rings. The van der Waals surface area contributed by atoms with Gasteiger partial charge in [0.1, 0.15) is 12.6 Å². The summed E-state index contributed by atoms with van der Waals surface area (Å²) < 4.78 is 1.54. The molecule has 4 fully saturated rings. The van der Waals surface area contributed by atoms with Crippen LogP contribution in [0.3, 0.4) is 0 Å². The van der Waals surface area contributed by atoms with E-state index in [4.69, 9.17) is 5.73 Å². The van der Waals surface area contributed by atoms with Crippen LogP contribution in [0, 0.1) is 11.3 Å². The number of para-hydroxylation sites is 1. The number of aromatic nitrogens is 2. The number of carbonyl (C=O) groups is 3. The molecule has 8 nitrogen and oxygen atoms in total. The van der Waals surface area contributed by atoms with Gasteiger partial charge in [-0.1, -0.05) is 24.6 Å². The van der Waals surface area contributed by atoms with Crippen LogP contribution in [0.25, 0.3) is 10.9 Å². The number of amides is 3. The predicted octanol–water partition coefficient (Wildman–Crippen LogP) is 1.96. The summed E-state index contributed by atoms with van der Waals surface area (Å²) in [6.45, 7) is -0.00661. The van der Waals surface area contributed by atoms with Gasteiger partial charge >= 0.3 is 0 Å². The Morgan fingerprint density at radius 3 is 2.75 bits per heavy atom. The highest BCUT2D eigenvalue weighted by atomic mass is 16.2. The van der Waals surface area contributed by atoms with Crippen molar-refractivity contribution in [1.82, 2.24) is 20.0 Å². The van der Waals surface area contributed by atoms with Gasteiger partial charge in [0.15, 0.2) is 5.69 Å². The van der Waals surface area contributed by atoms with Crippen molar-refractivity contribution in [3.63, 3.8) is 0 Å². The standard InChI is InChI=1S/C24H29N5O3/c25-22(31)21-16-5-1-2-6-17(16)28(27-21)13-20(30)29-18-10-14(18)11-19(29)23(32)26-15-4-3-7-24(12-15)8-9-24/h1-2,5-6,14-15,18-19H,3-4,7-13H2,(H2,25,31)(H,26,32)/t14?,15?,18-,19+/m1/s1. The zero-order valence-electron chi connectivity index (χ0n) is 18.1. The molecule has 32 heavy (non-hydrogen) atoms. The van der Waals surface area contributed by atoms with Crippen molar-refractivity contribution in [2.45, 2.75) is 76.0 Å². The Hall–Kier alpha value is -2.90. The van der Waals surface area contributed by atoms with Gasteiger partial charge in [-0.3, -0.25) is 19.1 Å². The Kier molecular flexibility index (Phi) is 4.35. The minimum Gasteiger partial charge on any atom is -0.364 e. The molecular formula is C24H29N5O3. The number of nitrogens with one attached hydrogen (secondary N) is 1. The van der Waals surface area contributed by atoms with Crippen LogP contribution < -0.4 is 11.1 Å². The lowest BCUT2D eigenvalue weighted by atomic mass is 9.83. The van der Waals surface area contributed by atoms with Gasteiger partial charge in [-0.25, -0.2) is 0 Å². The summed E-state index contributed by atoms with van der Waals surface area (Å²) >= 11 is 0. The van der Waals surface area contributed by atoms with Crippen molar-refractivity contribution in [3.8, 4) is 0 Å². The summed E-state index contributed by atoms with van der Waals surface area (Å²) in [4.78, 5) is 40.2. The molecule has 2 heterocycles. The third-order valence-electron chi connectivity index (χ3n) is 8.11. The maximum Gasteiger partial charge on any atom is 0.269 e. The zero-order valence-corrected chi connectivity index (χ0v) is 18.1. The Bertz CT molecular complexity index is 1120. The molecule has 1 aliphatic heterocycles. The van der Waals surface area contributed by atoms with Gasteiger partial charge in [0, 0.05) is 17.5 Å². The Labute approximate surface area is 186 Å². The van der Waals surface area contributed by atoms with E-state index >= 15 is 0 Å². The van der Waals surface area contributed by atoms with Gasteiger partial charge in [0.25, 0.3) is 5.91 Å². The number of carbonyl (C=O) groups excluding carboxylic acids is 3. The van der Waals surface area contributed by atoms with Crippen LogP contribution in [0.5, 0.6) is 0 Å². The van der Waals surface area contributed by atoms with Crippen LogP contribution in [0.15, 0.2) is 24.3 Å². The highest BCUT2D eigenvalue weighted by molar-refractivity contribution is 6.04. The lowest BCUT2D eigenvalue weighted by Gasteiger charge is -2.33. The van der Waals surface area contributed by atoms with Crippen LogP contribution in [0.1, 0.15) is 61.9 Å². The maximum absolute atomic E-state index is 13.4. The van der Waals surface area contributed by atoms with Crippen LogP contribution in [-0.4, -0.2) is 50.5 Å². The first-order valence-corrected chi connectivity index (χ1v) is 11.8. The molecule has 3 aliphatic carbocycles. The number of benzene rings is 1. The lowest BCUT2D eigenvalue weighted by molar-refractivity contribution is -0.140. The van der Waals surface area contributed by atoms with Crippen molar-refractivity contribution in [2.75, 3.05) is 0 Å². The molecule has 0 radical (unpaired) electrons. The van der Waals surface area contributed by atoms with Crippen LogP contribution in [-0.2, 0) is 16.1 Å². The lowest BCUT2D eigenvalue weighted by Crippen LogP contribution is -2.51. The van der Waals surface area contributed by atoms with E-state index in [-0.39, 0.29) is 36.1 Å². The second-order valence-electron chi connectivity index (χ2n) is 10.3. The van der Waals surface area contributed by atoms with E-state index in [2.05, 4.69) is 10.4 Å². The molecule has 4 aliphatic rings. The van der Waals surface area contributed by atoms with Gasteiger partial charge in [-0.05, 0) is 62.3 Å². The fraction of sp³-hybridized carbons (Fsp3) is 0.583. The summed E-state index contributed by atoms with van der Waals surface area (Å²) in [5, 5.41) is 8.24. The summed E-state index contributed by atoms with van der Waals surface area (Å²) in [5.41, 5.74) is 6.83. The molecular weight excluding hydrogens is 406 g/mol. The monoisotopic (exact) mass is 435 g/mol. The van der Waals surface area contributed by atoms with E-state index in [0.717, 1.165) is 25.7 Å². The number of primary amides is 1. The number of likely N-dealkylation sites (tertiary alicyclic amines) is 1. The first-order valence-electron chi connectivity index (χ1n) is 11.8. The molecule has 2 unspecified atom stereocenters. The van der Waals surface area contributed by atoms with Crippen molar-refractivity contribution in [2.24, 2.45) is 17.1 Å². The molecule has 3 saturated carbocycles. The fourth-order valence-corrected chi connectivity index (χ4v) is 6.19. The highest BCUT2D eigenvalue weighted by Gasteiger charge is 2.56. The van der Waals surface area contributed by atoms with Crippen molar-refractivity contribution >= 4 is 28.6 Å². The van der Waals surface area contributed by atoms with Gasteiger partial charge in [0.2, 0.25) is 11.8 Å². The maximum atomic E-state index is 13.4. The number of fused-ring (bicyclic) bond motifs is 2. The number of hydrogen-bond donors (Lipinski definition) is 2. The molecule has 168 valence electrons. The molecule has 6 rings (SSSR count). The van der Waals surface area contributed by atoms with E-state index in [1.165, 1.54) is 25.7 Å². The van der Waals surface area contributed by atoms with E-state index in [1.807, 2.05) is 18.2 Å². The van der Waals surface area contributed by atoms with E-state index in [1.54, 1.807) is 15.6 Å². The Morgan fingerprint density at radius 1 is 1.16 bits per heavy atom. The second kappa shape index (κ2) is 7.05. The van der Waals surface area contributed by atoms with Gasteiger partial charge in [-0.15, -0.1) is 0 Å².